The molecule has 0 unspecified atom stereocenters. The Morgan fingerprint density at radius 3 is 2.33 bits per heavy atom. The number of aromatic hydroxyl groups is 1. The van der Waals surface area contributed by atoms with Crippen LogP contribution in [0.3, 0.4) is 0 Å². The number of amides is 1. The van der Waals surface area contributed by atoms with Gasteiger partial charge in [-0.05, 0) is 0 Å². The number of nitrogens with zero attached hydrogens (tertiary/aromatic N) is 1. The molecule has 10 heteroatoms. The quantitative estimate of drug-likeness (QED) is 0.472. The first kappa shape index (κ1) is 19.5. The summed E-state index contributed by atoms with van der Waals surface area (Å²) >= 11 is 7.44. The van der Waals surface area contributed by atoms with E-state index < -0.39 is 17.6 Å². The fourth-order valence-electron chi connectivity index (χ4n) is 2.37. The van der Waals surface area contributed by atoms with Crippen LogP contribution in [0.2, 0.25) is 5.15 Å². The van der Waals surface area contributed by atoms with E-state index in [2.05, 4.69) is 8.78 Å². The van der Waals surface area contributed by atoms with Crippen molar-refractivity contribution in [3.8, 4) is 17.2 Å². The summed E-state index contributed by atoms with van der Waals surface area (Å²) in [5.41, 5.74) is -1.04. The number of carbonyl (C=O) groups is 1. The SMILES string of the molecule is O=C([NH][Ti])c1nc(Cl)c2ccc(Oc3ccc(C(F)(F)F)cc3)cc2c1O. The maximum absolute atomic E-state index is 12.6. The number of hydrogen-bond donors (Lipinski definition) is 2. The van der Waals surface area contributed by atoms with Crippen LogP contribution in [0, 0.1) is 0 Å². The number of aromatic nitrogens is 1. The summed E-state index contributed by atoms with van der Waals surface area (Å²) in [5, 5.41) is 11.0. The summed E-state index contributed by atoms with van der Waals surface area (Å²) in [5.74, 6) is -0.590. The number of halogens is 4. The zero-order valence-corrected chi connectivity index (χ0v) is 15.6. The van der Waals surface area contributed by atoms with E-state index in [1.165, 1.54) is 51.0 Å². The Labute approximate surface area is 167 Å². The first-order valence-corrected chi connectivity index (χ1v) is 8.51. The van der Waals surface area contributed by atoms with Crippen molar-refractivity contribution in [1.29, 1.82) is 0 Å². The molecule has 0 saturated heterocycles. The molecule has 3 rings (SSSR count). The Morgan fingerprint density at radius 2 is 1.74 bits per heavy atom. The molecule has 0 aliphatic heterocycles. The second-order valence-corrected chi connectivity index (χ2v) is 6.13. The molecule has 0 bridgehead atoms. The molecule has 5 nitrogen and oxygen atoms in total. The van der Waals surface area contributed by atoms with Crippen LogP contribution in [-0.4, -0.2) is 16.0 Å². The molecule has 0 fully saturated rings. The molecule has 0 spiro atoms. The third-order valence-electron chi connectivity index (χ3n) is 3.65. The summed E-state index contributed by atoms with van der Waals surface area (Å²) in [4.78, 5) is 15.7. The van der Waals surface area contributed by atoms with Crippen molar-refractivity contribution in [2.45, 2.75) is 6.18 Å². The second kappa shape index (κ2) is 7.38. The van der Waals surface area contributed by atoms with Crippen LogP contribution in [-0.2, 0) is 26.9 Å². The molecule has 0 atom stereocenters. The maximum atomic E-state index is 12.6. The van der Waals surface area contributed by atoms with Crippen molar-refractivity contribution >= 4 is 28.3 Å². The van der Waals surface area contributed by atoms with E-state index in [0.29, 0.717) is 5.39 Å². The molecule has 2 aromatic carbocycles. The summed E-state index contributed by atoms with van der Waals surface area (Å²) < 4.78 is 45.7. The molecule has 137 valence electrons. The van der Waals surface area contributed by atoms with Gasteiger partial charge in [-0.15, -0.1) is 0 Å². The van der Waals surface area contributed by atoms with Gasteiger partial charge in [0.15, 0.2) is 0 Å². The zero-order valence-electron chi connectivity index (χ0n) is 13.3. The van der Waals surface area contributed by atoms with Crippen LogP contribution in [0.25, 0.3) is 10.8 Å². The molecule has 0 saturated carbocycles. The average molecular weight is 430 g/mol. The molecule has 1 heterocycles. The number of ether oxygens (including phenoxy) is 1. The van der Waals surface area contributed by atoms with E-state index in [0.717, 1.165) is 12.1 Å². The molecule has 27 heavy (non-hydrogen) atoms. The van der Waals surface area contributed by atoms with Crippen molar-refractivity contribution in [1.82, 2.24) is 8.78 Å². The van der Waals surface area contributed by atoms with Crippen LogP contribution >= 0.6 is 11.6 Å². The van der Waals surface area contributed by atoms with Gasteiger partial charge in [0.25, 0.3) is 0 Å². The fraction of sp³-hybridized carbons (Fsp3) is 0.0588. The Kier molecular flexibility index (Phi) is 5.32. The van der Waals surface area contributed by atoms with Crippen LogP contribution < -0.4 is 8.54 Å². The average Bonchev–Trinajstić information content (AvgIpc) is 2.63. The van der Waals surface area contributed by atoms with Crippen molar-refractivity contribution in [3.63, 3.8) is 0 Å². The Morgan fingerprint density at radius 1 is 1.11 bits per heavy atom. The minimum absolute atomic E-state index is 0.0162. The van der Waals surface area contributed by atoms with Crippen LogP contribution in [0.1, 0.15) is 16.1 Å². The Bertz CT molecular complexity index is 1030. The van der Waals surface area contributed by atoms with Gasteiger partial charge in [0.2, 0.25) is 0 Å². The minimum atomic E-state index is -4.44. The Hall–Kier alpha value is -2.29. The molecule has 0 aliphatic rings. The van der Waals surface area contributed by atoms with Gasteiger partial charge in [-0.3, -0.25) is 0 Å². The second-order valence-electron chi connectivity index (χ2n) is 5.39. The van der Waals surface area contributed by atoms with E-state index in [4.69, 9.17) is 16.3 Å². The van der Waals surface area contributed by atoms with Gasteiger partial charge < -0.3 is 0 Å². The zero-order chi connectivity index (χ0) is 19.8. The van der Waals surface area contributed by atoms with Crippen molar-refractivity contribution in [2.24, 2.45) is 0 Å². The standard InChI is InChI=1S/C17H10ClF3N2O3.Ti/c18-15-11-6-5-10(7-12(11)14(24)13(23-15)16(22)25)26-9-3-1-8(2-4-9)17(19,20)21;/h1-7H,(H3,22,24,25);/q;+1/p-1. The number of benzene rings is 2. The van der Waals surface area contributed by atoms with Crippen molar-refractivity contribution in [3.05, 3.63) is 58.9 Å². The normalized spacial score (nSPS) is 11.4. The molecular formula is C17H9ClF3N2O3Ti. The molecule has 1 aromatic heterocycles. The molecule has 1 amide bonds. The van der Waals surface area contributed by atoms with Gasteiger partial charge in [0, 0.05) is 0 Å². The van der Waals surface area contributed by atoms with Gasteiger partial charge in [0.1, 0.15) is 0 Å². The van der Waals surface area contributed by atoms with E-state index in [1.807, 2.05) is 0 Å². The fourth-order valence-corrected chi connectivity index (χ4v) is 2.80. The van der Waals surface area contributed by atoms with Gasteiger partial charge >= 0.3 is 155 Å². The van der Waals surface area contributed by atoms with Crippen molar-refractivity contribution < 1.29 is 48.5 Å². The summed E-state index contributed by atoms with van der Waals surface area (Å²) in [6, 6.07) is 8.63. The van der Waals surface area contributed by atoms with Crippen molar-refractivity contribution in [2.75, 3.05) is 0 Å². The van der Waals surface area contributed by atoms with Gasteiger partial charge in [0.05, 0.1) is 0 Å². The molecule has 0 radical (unpaired) electrons. The number of hydrogen-bond acceptors (Lipinski definition) is 4. The number of carbonyl (C=O) groups excluding carboxylic acids is 1. The molecule has 3 aromatic rings. The summed E-state index contributed by atoms with van der Waals surface area (Å²) in [6.45, 7) is 0. The third kappa shape index (κ3) is 4.02. The number of rotatable bonds is 3. The van der Waals surface area contributed by atoms with Gasteiger partial charge in [-0.1, -0.05) is 0 Å². The number of fused-ring (bicyclic) bond motifs is 1. The molecule has 0 aliphatic carbocycles. The predicted octanol–water partition coefficient (Wildman–Crippen LogP) is 4.60. The first-order chi connectivity index (χ1) is 12.7. The van der Waals surface area contributed by atoms with E-state index in [9.17, 15) is 23.1 Å². The van der Waals surface area contributed by atoms with Gasteiger partial charge in [-0.25, -0.2) is 0 Å². The number of pyridine rings is 1. The third-order valence-corrected chi connectivity index (χ3v) is 4.29. The van der Waals surface area contributed by atoms with E-state index in [1.54, 1.807) is 0 Å². The van der Waals surface area contributed by atoms with Gasteiger partial charge in [-0.2, -0.15) is 13.2 Å². The predicted molar refractivity (Wildman–Crippen MR) is 87.4 cm³/mol. The van der Waals surface area contributed by atoms with E-state index in [-0.39, 0.29) is 33.5 Å². The Balaban J connectivity index is 1.98. The number of alkyl halides is 3. The van der Waals surface area contributed by atoms with E-state index >= 15 is 0 Å². The van der Waals surface area contributed by atoms with Crippen LogP contribution in [0.15, 0.2) is 42.5 Å². The van der Waals surface area contributed by atoms with Crippen LogP contribution in [0.4, 0.5) is 13.2 Å². The summed E-state index contributed by atoms with van der Waals surface area (Å²) in [7, 11) is 0. The van der Waals surface area contributed by atoms with Crippen LogP contribution in [0.5, 0.6) is 17.2 Å². The monoisotopic (exact) mass is 429 g/mol. The number of nitrogens with one attached hydrogen (secondary N) is 1. The molecular weight excluding hydrogens is 421 g/mol. The topological polar surface area (TPSA) is 71.5 Å². The molecule has 2 N–H and O–H groups in total. The first-order valence-electron chi connectivity index (χ1n) is 7.35. The summed E-state index contributed by atoms with van der Waals surface area (Å²) in [6.07, 6.45) is -4.44.